The van der Waals surface area contributed by atoms with Crippen molar-refractivity contribution in [1.29, 1.82) is 5.41 Å². The van der Waals surface area contributed by atoms with E-state index >= 15 is 0 Å². The van der Waals surface area contributed by atoms with Crippen LogP contribution in [0, 0.1) is 17.2 Å². The Bertz CT molecular complexity index is 1080. The molecule has 0 radical (unpaired) electrons. The van der Waals surface area contributed by atoms with Crippen molar-refractivity contribution in [2.75, 3.05) is 49.5 Å². The van der Waals surface area contributed by atoms with Gasteiger partial charge in [-0.25, -0.2) is 9.97 Å². The maximum absolute atomic E-state index is 8.19. The van der Waals surface area contributed by atoms with Gasteiger partial charge in [-0.2, -0.15) is 0 Å². The average molecular weight is 565 g/mol. The Morgan fingerprint density at radius 2 is 1.97 bits per heavy atom. The van der Waals surface area contributed by atoms with E-state index in [2.05, 4.69) is 38.7 Å². The van der Waals surface area contributed by atoms with E-state index in [9.17, 15) is 0 Å². The number of hydrogen-bond acceptors (Lipinski definition) is 8. The number of likely N-dealkylation sites (tertiary alicyclic amines) is 1. The van der Waals surface area contributed by atoms with Crippen molar-refractivity contribution in [2.45, 2.75) is 51.8 Å². The van der Waals surface area contributed by atoms with Crippen molar-refractivity contribution in [1.82, 2.24) is 19.6 Å². The number of piperidine rings is 1. The Labute approximate surface area is 235 Å². The van der Waals surface area contributed by atoms with Crippen LogP contribution in [0.5, 0.6) is 0 Å². The lowest BCUT2D eigenvalue weighted by Crippen LogP contribution is -2.54. The molecule has 3 heterocycles. The molecule has 202 valence electrons. The third kappa shape index (κ3) is 7.51. The van der Waals surface area contributed by atoms with Gasteiger partial charge in [0.25, 0.3) is 0 Å². The van der Waals surface area contributed by atoms with Gasteiger partial charge in [-0.3, -0.25) is 4.72 Å². The molecule has 0 aliphatic carbocycles. The lowest BCUT2D eigenvalue weighted by atomic mass is 9.80. The zero-order valence-corrected chi connectivity index (χ0v) is 24.6. The lowest BCUT2D eigenvalue weighted by Gasteiger charge is -2.47. The molecule has 1 aromatic carbocycles. The molecule has 2 aromatic rings. The fourth-order valence-electron chi connectivity index (χ4n) is 5.15. The van der Waals surface area contributed by atoms with Crippen LogP contribution in [0.3, 0.4) is 0 Å². The van der Waals surface area contributed by atoms with E-state index in [1.54, 1.807) is 19.2 Å². The van der Waals surface area contributed by atoms with Crippen LogP contribution in [0.4, 0.5) is 11.6 Å². The van der Waals surface area contributed by atoms with E-state index in [0.717, 1.165) is 43.5 Å². The SMILES string of the molecule is CC(=N)c1ncc(N2CC(C3CCCN(CCNSC(C)C)C3)C2)nc1NC(C)c1ccc(Cl)cc1Cl. The summed E-state index contributed by atoms with van der Waals surface area (Å²) in [5.74, 6) is 2.90. The Kier molecular flexibility index (Phi) is 9.97. The normalized spacial score (nSPS) is 19.6. The van der Waals surface area contributed by atoms with Gasteiger partial charge in [0.1, 0.15) is 11.5 Å². The largest absolute Gasteiger partial charge is 0.362 e. The van der Waals surface area contributed by atoms with E-state index in [1.807, 2.05) is 31.0 Å². The highest BCUT2D eigenvalue weighted by Gasteiger charge is 2.36. The molecule has 0 bridgehead atoms. The highest BCUT2D eigenvalue weighted by molar-refractivity contribution is 7.97. The number of aromatic nitrogens is 2. The van der Waals surface area contributed by atoms with Crippen molar-refractivity contribution in [2.24, 2.45) is 11.8 Å². The molecule has 2 atom stereocenters. The zero-order chi connectivity index (χ0) is 26.5. The summed E-state index contributed by atoms with van der Waals surface area (Å²) in [6.45, 7) is 14.8. The van der Waals surface area contributed by atoms with Crippen LogP contribution in [-0.4, -0.2) is 65.1 Å². The maximum atomic E-state index is 8.19. The van der Waals surface area contributed by atoms with Crippen molar-refractivity contribution in [3.8, 4) is 0 Å². The number of hydrogen-bond donors (Lipinski definition) is 3. The summed E-state index contributed by atoms with van der Waals surface area (Å²) in [6.07, 6.45) is 4.40. The Morgan fingerprint density at radius 3 is 2.68 bits per heavy atom. The first-order valence-electron chi connectivity index (χ1n) is 13.2. The number of nitrogens with zero attached hydrogens (tertiary/aromatic N) is 4. The van der Waals surface area contributed by atoms with E-state index in [-0.39, 0.29) is 6.04 Å². The molecule has 2 aliphatic heterocycles. The van der Waals surface area contributed by atoms with Gasteiger partial charge >= 0.3 is 0 Å². The third-order valence-corrected chi connectivity index (χ3v) is 8.59. The van der Waals surface area contributed by atoms with E-state index in [4.69, 9.17) is 33.6 Å². The number of benzene rings is 1. The van der Waals surface area contributed by atoms with Crippen molar-refractivity contribution in [3.05, 3.63) is 45.7 Å². The Hall–Kier alpha value is -1.58. The van der Waals surface area contributed by atoms with Crippen LogP contribution in [0.1, 0.15) is 57.8 Å². The minimum absolute atomic E-state index is 0.113. The van der Waals surface area contributed by atoms with Gasteiger partial charge in [-0.15, -0.1) is 0 Å². The van der Waals surface area contributed by atoms with Crippen LogP contribution in [0.25, 0.3) is 0 Å². The van der Waals surface area contributed by atoms with Crippen LogP contribution < -0.4 is 14.9 Å². The molecular weight excluding hydrogens is 525 g/mol. The second-order valence-electron chi connectivity index (χ2n) is 10.5. The molecule has 0 amide bonds. The fourth-order valence-corrected chi connectivity index (χ4v) is 6.26. The summed E-state index contributed by atoms with van der Waals surface area (Å²) in [6, 6.07) is 5.39. The smallest absolute Gasteiger partial charge is 0.156 e. The lowest BCUT2D eigenvalue weighted by molar-refractivity contribution is 0.121. The van der Waals surface area contributed by atoms with Gasteiger partial charge in [0, 0.05) is 48.0 Å². The first-order chi connectivity index (χ1) is 17.7. The fraction of sp³-hybridized carbons (Fsp3) is 0.593. The second-order valence-corrected chi connectivity index (χ2v) is 12.8. The Morgan fingerprint density at radius 1 is 1.19 bits per heavy atom. The highest BCUT2D eigenvalue weighted by atomic mass is 35.5. The standard InChI is InChI=1S/C27H39Cl2N7S/c1-17(2)37-32-9-11-35-10-5-6-20(14-35)21-15-36(16-21)25-13-31-26(18(3)30)27(34-25)33-19(4)23-8-7-22(28)12-24(23)29/h7-8,12-13,17,19-21,30,32H,5-6,9-11,14-16H2,1-4H3,(H,33,34). The minimum atomic E-state index is -0.113. The summed E-state index contributed by atoms with van der Waals surface area (Å²) >= 11 is 14.3. The van der Waals surface area contributed by atoms with Crippen molar-refractivity contribution >= 4 is 52.5 Å². The summed E-state index contributed by atoms with van der Waals surface area (Å²) in [5.41, 5.74) is 1.86. The van der Waals surface area contributed by atoms with E-state index in [1.165, 1.54) is 25.9 Å². The molecular formula is C27H39Cl2N7S. The second kappa shape index (κ2) is 13.0. The average Bonchev–Trinajstić information content (AvgIpc) is 2.81. The first kappa shape index (κ1) is 28.4. The molecule has 4 rings (SSSR count). The van der Waals surface area contributed by atoms with Crippen LogP contribution >= 0.6 is 35.1 Å². The van der Waals surface area contributed by atoms with Crippen LogP contribution in [-0.2, 0) is 0 Å². The molecule has 10 heteroatoms. The van der Waals surface area contributed by atoms with Gasteiger partial charge in [-0.1, -0.05) is 55.1 Å². The van der Waals surface area contributed by atoms with Crippen molar-refractivity contribution < 1.29 is 0 Å². The molecule has 2 fully saturated rings. The molecule has 2 aliphatic rings. The topological polar surface area (TPSA) is 80.2 Å². The molecule has 37 heavy (non-hydrogen) atoms. The third-order valence-electron chi connectivity index (χ3n) is 7.19. The predicted octanol–water partition coefficient (Wildman–Crippen LogP) is 6.14. The molecule has 3 N–H and O–H groups in total. The summed E-state index contributed by atoms with van der Waals surface area (Å²) in [4.78, 5) is 14.4. The van der Waals surface area contributed by atoms with Gasteiger partial charge < -0.3 is 20.5 Å². The van der Waals surface area contributed by atoms with E-state index in [0.29, 0.717) is 38.4 Å². The zero-order valence-electron chi connectivity index (χ0n) is 22.2. The first-order valence-corrected chi connectivity index (χ1v) is 14.8. The van der Waals surface area contributed by atoms with Gasteiger partial charge in [0.2, 0.25) is 0 Å². The molecule has 2 unspecified atom stereocenters. The molecule has 0 spiro atoms. The number of anilines is 2. The number of halogens is 2. The predicted molar refractivity (Wildman–Crippen MR) is 159 cm³/mol. The van der Waals surface area contributed by atoms with Crippen molar-refractivity contribution in [3.63, 3.8) is 0 Å². The summed E-state index contributed by atoms with van der Waals surface area (Å²) in [5, 5.41) is 13.5. The summed E-state index contributed by atoms with van der Waals surface area (Å²) in [7, 11) is 0. The highest BCUT2D eigenvalue weighted by Crippen LogP contribution is 2.34. The van der Waals surface area contributed by atoms with E-state index < -0.39 is 0 Å². The Balaban J connectivity index is 1.36. The van der Waals surface area contributed by atoms with Gasteiger partial charge in [-0.05, 0) is 62.8 Å². The molecule has 1 aromatic heterocycles. The van der Waals surface area contributed by atoms with Gasteiger partial charge in [0.05, 0.1) is 18.0 Å². The maximum Gasteiger partial charge on any atom is 0.156 e. The van der Waals surface area contributed by atoms with Crippen LogP contribution in [0.2, 0.25) is 10.0 Å². The molecule has 7 nitrogen and oxygen atoms in total. The van der Waals surface area contributed by atoms with Gasteiger partial charge in [0.15, 0.2) is 5.82 Å². The molecule has 2 saturated heterocycles. The van der Waals surface area contributed by atoms with Crippen LogP contribution in [0.15, 0.2) is 24.4 Å². The molecule has 0 saturated carbocycles. The summed E-state index contributed by atoms with van der Waals surface area (Å²) < 4.78 is 3.50. The number of nitrogens with one attached hydrogen (secondary N) is 3. The monoisotopic (exact) mass is 563 g/mol. The number of rotatable bonds is 11. The quantitative estimate of drug-likeness (QED) is 0.172. The minimum Gasteiger partial charge on any atom is -0.362 e.